The number of hydrogen-bond donors (Lipinski definition) is 2. The topological polar surface area (TPSA) is 82.6 Å². The Bertz CT molecular complexity index is 351. The molecular formula is C14H22O5. The molecule has 2 aliphatic heterocycles. The number of carbonyl (C=O) groups is 1. The third-order valence-electron chi connectivity index (χ3n) is 4.99. The van der Waals surface area contributed by atoms with E-state index >= 15 is 0 Å². The molecule has 108 valence electrons. The molecular weight excluding hydrogens is 248 g/mol. The summed E-state index contributed by atoms with van der Waals surface area (Å²) in [6, 6.07) is 0. The van der Waals surface area contributed by atoms with E-state index in [4.69, 9.17) is 24.5 Å². The van der Waals surface area contributed by atoms with E-state index in [9.17, 15) is 0 Å². The van der Waals surface area contributed by atoms with Gasteiger partial charge in [-0.1, -0.05) is 32.1 Å². The average Bonchev–Trinajstić information content (AvgIpc) is 3.15. The van der Waals surface area contributed by atoms with Gasteiger partial charge in [0.15, 0.2) is 0 Å². The van der Waals surface area contributed by atoms with Gasteiger partial charge < -0.3 is 19.7 Å². The van der Waals surface area contributed by atoms with Crippen LogP contribution in [-0.2, 0) is 9.47 Å². The molecule has 2 aliphatic carbocycles. The Balaban J connectivity index is 0.000000247. The molecule has 2 N–H and O–H groups in total. The van der Waals surface area contributed by atoms with Crippen molar-refractivity contribution in [3.8, 4) is 0 Å². The van der Waals surface area contributed by atoms with Crippen LogP contribution < -0.4 is 0 Å². The van der Waals surface area contributed by atoms with Crippen LogP contribution in [0.5, 0.6) is 0 Å². The Hall–Kier alpha value is -0.810. The molecule has 2 heterocycles. The summed E-state index contributed by atoms with van der Waals surface area (Å²) in [4.78, 5) is 8.56. The van der Waals surface area contributed by atoms with Crippen molar-refractivity contribution in [2.75, 3.05) is 0 Å². The molecule has 0 aromatic rings. The van der Waals surface area contributed by atoms with Crippen molar-refractivity contribution < 1.29 is 24.5 Å². The number of carboxylic acid groups (broad SMARTS) is 2. The van der Waals surface area contributed by atoms with Crippen LogP contribution in [0.25, 0.3) is 0 Å². The number of rotatable bonds is 2. The average molecular weight is 270 g/mol. The minimum Gasteiger partial charge on any atom is -0.450 e. The standard InChI is InChI=1S/C13H20O2.CH2O3/c1-2-4-10(5-3-1)8-11-6-7-12-13(9-11,14-12)15-12;2-1(3)4/h10-11H,1-9H2;(H2,2,3,4). The van der Waals surface area contributed by atoms with Crippen LogP contribution in [0.4, 0.5) is 4.79 Å². The first kappa shape index (κ1) is 13.2. The third-order valence-corrected chi connectivity index (χ3v) is 4.99. The maximum atomic E-state index is 8.56. The third kappa shape index (κ3) is 2.58. The first-order valence-electron chi connectivity index (χ1n) is 7.37. The summed E-state index contributed by atoms with van der Waals surface area (Å²) in [5, 5.41) is 13.9. The van der Waals surface area contributed by atoms with Gasteiger partial charge in [-0.2, -0.15) is 0 Å². The van der Waals surface area contributed by atoms with Crippen molar-refractivity contribution in [3.63, 3.8) is 0 Å². The predicted octanol–water partition coefficient (Wildman–Crippen LogP) is 3.43. The maximum Gasteiger partial charge on any atom is 0.503 e. The maximum absolute atomic E-state index is 8.56. The highest BCUT2D eigenvalue weighted by atomic mass is 17.0. The van der Waals surface area contributed by atoms with E-state index in [-0.39, 0.29) is 11.6 Å². The summed E-state index contributed by atoms with van der Waals surface area (Å²) in [5.41, 5.74) is 0. The highest BCUT2D eigenvalue weighted by Crippen LogP contribution is 2.75. The Labute approximate surface area is 112 Å². The van der Waals surface area contributed by atoms with Crippen LogP contribution in [0.1, 0.15) is 57.8 Å². The summed E-state index contributed by atoms with van der Waals surface area (Å²) in [7, 11) is 0. The summed E-state index contributed by atoms with van der Waals surface area (Å²) in [6.45, 7) is 0. The second-order valence-corrected chi connectivity index (χ2v) is 6.34. The van der Waals surface area contributed by atoms with Crippen LogP contribution in [0.15, 0.2) is 0 Å². The molecule has 4 aliphatic rings. The molecule has 2 saturated carbocycles. The van der Waals surface area contributed by atoms with Gasteiger partial charge in [0.05, 0.1) is 0 Å². The van der Waals surface area contributed by atoms with Crippen molar-refractivity contribution in [1.82, 2.24) is 0 Å². The minimum atomic E-state index is -1.83. The van der Waals surface area contributed by atoms with Crippen molar-refractivity contribution in [2.24, 2.45) is 11.8 Å². The quantitative estimate of drug-likeness (QED) is 0.751. The highest BCUT2D eigenvalue weighted by molar-refractivity contribution is 5.53. The fourth-order valence-electron chi connectivity index (χ4n) is 3.99. The Morgan fingerprint density at radius 1 is 1.00 bits per heavy atom. The van der Waals surface area contributed by atoms with Crippen molar-refractivity contribution >= 4 is 6.16 Å². The summed E-state index contributed by atoms with van der Waals surface area (Å²) in [5.74, 6) is 1.84. The first-order chi connectivity index (χ1) is 9.05. The molecule has 0 spiro atoms. The number of hydrogen-bond acceptors (Lipinski definition) is 3. The zero-order valence-corrected chi connectivity index (χ0v) is 11.1. The molecule has 0 radical (unpaired) electrons. The molecule has 5 nitrogen and oxygen atoms in total. The largest absolute Gasteiger partial charge is 0.503 e. The van der Waals surface area contributed by atoms with Gasteiger partial charge in [0.25, 0.3) is 0 Å². The normalized spacial score (nSPS) is 43.3. The molecule has 5 heteroatoms. The summed E-state index contributed by atoms with van der Waals surface area (Å²) < 4.78 is 11.3. The summed E-state index contributed by atoms with van der Waals surface area (Å²) in [6.07, 6.45) is 10.7. The van der Waals surface area contributed by atoms with Crippen molar-refractivity contribution in [3.05, 3.63) is 0 Å². The number of ether oxygens (including phenoxy) is 2. The Morgan fingerprint density at radius 3 is 2.21 bits per heavy atom. The minimum absolute atomic E-state index is 0.0317. The molecule has 0 amide bonds. The van der Waals surface area contributed by atoms with Gasteiger partial charge in [-0.15, -0.1) is 0 Å². The zero-order chi connectivity index (χ0) is 13.5. The molecule has 19 heavy (non-hydrogen) atoms. The molecule has 4 fully saturated rings. The monoisotopic (exact) mass is 270 g/mol. The molecule has 2 saturated heterocycles. The molecule has 4 rings (SSSR count). The van der Waals surface area contributed by atoms with Gasteiger partial charge in [-0.3, -0.25) is 0 Å². The van der Waals surface area contributed by atoms with E-state index < -0.39 is 6.16 Å². The lowest BCUT2D eigenvalue weighted by molar-refractivity contribution is -0.0941. The van der Waals surface area contributed by atoms with E-state index in [0.717, 1.165) is 11.8 Å². The Morgan fingerprint density at radius 2 is 1.63 bits per heavy atom. The fourth-order valence-corrected chi connectivity index (χ4v) is 3.99. The van der Waals surface area contributed by atoms with Crippen LogP contribution in [0.3, 0.4) is 0 Å². The van der Waals surface area contributed by atoms with Gasteiger partial charge in [0.2, 0.25) is 11.6 Å². The van der Waals surface area contributed by atoms with E-state index in [1.807, 2.05) is 0 Å². The molecule has 0 aromatic carbocycles. The van der Waals surface area contributed by atoms with Crippen LogP contribution in [0.2, 0.25) is 0 Å². The van der Waals surface area contributed by atoms with Crippen LogP contribution in [0, 0.1) is 11.8 Å². The fraction of sp³-hybridized carbons (Fsp3) is 0.929. The van der Waals surface area contributed by atoms with E-state index in [1.54, 1.807) is 0 Å². The van der Waals surface area contributed by atoms with Crippen LogP contribution >= 0.6 is 0 Å². The van der Waals surface area contributed by atoms with Gasteiger partial charge in [0.1, 0.15) is 0 Å². The second kappa shape index (κ2) is 4.63. The molecule has 1 atom stereocenters. The highest BCUT2D eigenvalue weighted by Gasteiger charge is 2.91. The molecule has 1 unspecified atom stereocenters. The van der Waals surface area contributed by atoms with Gasteiger partial charge >= 0.3 is 6.16 Å². The second-order valence-electron chi connectivity index (χ2n) is 6.34. The smallest absolute Gasteiger partial charge is 0.450 e. The SMILES string of the molecule is C1CCC(CC2CCC34OC3(C2)O4)CC1.O=C(O)O. The van der Waals surface area contributed by atoms with Gasteiger partial charge in [-0.25, -0.2) is 4.79 Å². The van der Waals surface area contributed by atoms with Crippen molar-refractivity contribution in [2.45, 2.75) is 69.4 Å². The van der Waals surface area contributed by atoms with E-state index in [0.29, 0.717) is 0 Å². The van der Waals surface area contributed by atoms with Crippen LogP contribution in [-0.4, -0.2) is 27.9 Å². The zero-order valence-electron chi connectivity index (χ0n) is 11.1. The first-order valence-corrected chi connectivity index (χ1v) is 7.37. The van der Waals surface area contributed by atoms with Gasteiger partial charge in [-0.05, 0) is 24.7 Å². The van der Waals surface area contributed by atoms with Gasteiger partial charge in [0, 0.05) is 12.8 Å². The lowest BCUT2D eigenvalue weighted by Crippen LogP contribution is -2.18. The number of epoxide rings is 2. The lowest BCUT2D eigenvalue weighted by atomic mass is 9.78. The Kier molecular flexibility index (Phi) is 3.21. The predicted molar refractivity (Wildman–Crippen MR) is 66.8 cm³/mol. The molecule has 0 aromatic heterocycles. The van der Waals surface area contributed by atoms with Crippen molar-refractivity contribution in [1.29, 1.82) is 0 Å². The summed E-state index contributed by atoms with van der Waals surface area (Å²) >= 11 is 0. The van der Waals surface area contributed by atoms with E-state index in [2.05, 4.69) is 0 Å². The van der Waals surface area contributed by atoms with E-state index in [1.165, 1.54) is 57.8 Å². The molecule has 0 bridgehead atoms. The lowest BCUT2D eigenvalue weighted by Gasteiger charge is -2.26.